The normalized spacial score (nSPS) is 27.0. The molecule has 158 valence electrons. The van der Waals surface area contributed by atoms with E-state index in [4.69, 9.17) is 0 Å². The summed E-state index contributed by atoms with van der Waals surface area (Å²) < 4.78 is 0. The van der Waals surface area contributed by atoms with Crippen LogP contribution in [0.4, 0.5) is 5.69 Å². The summed E-state index contributed by atoms with van der Waals surface area (Å²) in [5.41, 5.74) is 3.58. The molecule has 1 saturated heterocycles. The van der Waals surface area contributed by atoms with Crippen LogP contribution in [0.3, 0.4) is 0 Å². The summed E-state index contributed by atoms with van der Waals surface area (Å²) in [6, 6.07) is 14.7. The lowest BCUT2D eigenvalue weighted by molar-refractivity contribution is -0.144. The van der Waals surface area contributed by atoms with Crippen LogP contribution < -0.4 is 5.32 Å². The van der Waals surface area contributed by atoms with Crippen molar-refractivity contribution in [1.29, 1.82) is 0 Å². The van der Waals surface area contributed by atoms with Gasteiger partial charge in [0.15, 0.2) is 0 Å². The van der Waals surface area contributed by atoms with E-state index in [0.717, 1.165) is 23.1 Å². The van der Waals surface area contributed by atoms with E-state index in [1.54, 1.807) is 0 Å². The van der Waals surface area contributed by atoms with E-state index in [1.807, 2.05) is 62.4 Å². The molecule has 3 amide bonds. The largest absolute Gasteiger partial charge is 0.326 e. The molecule has 5 nitrogen and oxygen atoms in total. The van der Waals surface area contributed by atoms with Crippen LogP contribution in [0.15, 0.2) is 60.7 Å². The minimum Gasteiger partial charge on any atom is -0.326 e. The number of fused-ring (bicyclic) bond motifs is 5. The smallest absolute Gasteiger partial charge is 0.234 e. The quantitative estimate of drug-likeness (QED) is 0.590. The lowest BCUT2D eigenvalue weighted by Crippen LogP contribution is -2.38. The molecule has 2 bridgehead atoms. The monoisotopic (exact) mass is 414 g/mol. The highest BCUT2D eigenvalue weighted by Gasteiger charge is 2.60. The average molecular weight is 415 g/mol. The van der Waals surface area contributed by atoms with Crippen molar-refractivity contribution in [3.8, 4) is 0 Å². The van der Waals surface area contributed by atoms with Crippen molar-refractivity contribution in [2.75, 3.05) is 5.32 Å². The molecule has 1 saturated carbocycles. The Morgan fingerprint density at radius 3 is 2.32 bits per heavy atom. The number of nitrogens with one attached hydrogen (secondary N) is 1. The SMILES string of the molecule is Cc1cccc(NC(=O)CC(c2ccccc2C)N2C(=O)C3C4C=CC(C4)C3C2=O)c1. The number of anilines is 1. The van der Waals surface area contributed by atoms with Crippen LogP contribution in [0.25, 0.3) is 0 Å². The number of imide groups is 1. The van der Waals surface area contributed by atoms with E-state index in [2.05, 4.69) is 17.5 Å². The van der Waals surface area contributed by atoms with Gasteiger partial charge in [-0.25, -0.2) is 0 Å². The molecule has 0 aromatic heterocycles. The standard InChI is InChI=1S/C26H26N2O3/c1-15-6-5-8-19(12-15)27-22(29)14-21(20-9-4-3-7-16(20)2)28-25(30)23-17-10-11-18(13-17)24(23)26(28)31/h3-12,17-18,21,23-24H,13-14H2,1-2H3,(H,27,29). The molecule has 1 aliphatic heterocycles. The van der Waals surface area contributed by atoms with E-state index < -0.39 is 6.04 Å². The zero-order valence-electron chi connectivity index (χ0n) is 17.7. The van der Waals surface area contributed by atoms with E-state index in [0.29, 0.717) is 5.69 Å². The Morgan fingerprint density at radius 2 is 1.68 bits per heavy atom. The van der Waals surface area contributed by atoms with Gasteiger partial charge in [0, 0.05) is 5.69 Å². The zero-order valence-corrected chi connectivity index (χ0v) is 17.7. The number of hydrogen-bond donors (Lipinski definition) is 1. The van der Waals surface area contributed by atoms with Gasteiger partial charge in [0.1, 0.15) is 0 Å². The van der Waals surface area contributed by atoms with Gasteiger partial charge in [-0.05, 0) is 60.9 Å². The van der Waals surface area contributed by atoms with E-state index in [9.17, 15) is 14.4 Å². The Hall–Kier alpha value is -3.21. The molecule has 5 heteroatoms. The molecule has 5 rings (SSSR count). The Bertz CT molecular complexity index is 1080. The number of rotatable bonds is 5. The van der Waals surface area contributed by atoms with Gasteiger partial charge in [-0.15, -0.1) is 0 Å². The third kappa shape index (κ3) is 3.29. The number of aryl methyl sites for hydroxylation is 2. The number of likely N-dealkylation sites (tertiary alicyclic amines) is 1. The van der Waals surface area contributed by atoms with Crippen molar-refractivity contribution in [2.45, 2.75) is 32.7 Å². The van der Waals surface area contributed by atoms with E-state index in [-0.39, 0.29) is 47.8 Å². The number of carbonyl (C=O) groups is 3. The van der Waals surface area contributed by atoms with Crippen LogP contribution >= 0.6 is 0 Å². The van der Waals surface area contributed by atoms with E-state index >= 15 is 0 Å². The number of allylic oxidation sites excluding steroid dienone is 2. The van der Waals surface area contributed by atoms with Crippen molar-refractivity contribution < 1.29 is 14.4 Å². The van der Waals surface area contributed by atoms with Crippen molar-refractivity contribution in [3.63, 3.8) is 0 Å². The van der Waals surface area contributed by atoms with Gasteiger partial charge in [-0.2, -0.15) is 0 Å². The maximum atomic E-state index is 13.4. The summed E-state index contributed by atoms with van der Waals surface area (Å²) >= 11 is 0. The molecule has 3 aliphatic rings. The fourth-order valence-corrected chi connectivity index (χ4v) is 5.64. The predicted octanol–water partition coefficient (Wildman–Crippen LogP) is 4.18. The van der Waals surface area contributed by atoms with Gasteiger partial charge in [0.25, 0.3) is 0 Å². The highest BCUT2D eigenvalue weighted by Crippen LogP contribution is 2.54. The van der Waals surface area contributed by atoms with Crippen LogP contribution in [-0.4, -0.2) is 22.6 Å². The summed E-state index contributed by atoms with van der Waals surface area (Å²) in [5, 5.41) is 2.94. The molecule has 31 heavy (non-hydrogen) atoms. The Balaban J connectivity index is 1.46. The number of benzene rings is 2. The minimum atomic E-state index is -0.601. The molecule has 1 heterocycles. The fraction of sp³-hybridized carbons (Fsp3) is 0.346. The topological polar surface area (TPSA) is 66.5 Å². The van der Waals surface area contributed by atoms with Gasteiger partial charge in [-0.1, -0.05) is 48.6 Å². The maximum Gasteiger partial charge on any atom is 0.234 e. The number of hydrogen-bond acceptors (Lipinski definition) is 3. The van der Waals surface area contributed by atoms with Crippen molar-refractivity contribution in [2.24, 2.45) is 23.7 Å². The first-order chi connectivity index (χ1) is 14.9. The number of nitrogens with zero attached hydrogens (tertiary/aromatic N) is 1. The summed E-state index contributed by atoms with van der Waals surface area (Å²) in [4.78, 5) is 41.3. The first kappa shape index (κ1) is 19.7. The highest BCUT2D eigenvalue weighted by atomic mass is 16.2. The van der Waals surface area contributed by atoms with Crippen LogP contribution in [0.5, 0.6) is 0 Å². The minimum absolute atomic E-state index is 0.0402. The third-order valence-electron chi connectivity index (χ3n) is 7.04. The Labute approximate surface area is 182 Å². The Morgan fingerprint density at radius 1 is 1.00 bits per heavy atom. The van der Waals surface area contributed by atoms with Crippen LogP contribution in [0.2, 0.25) is 0 Å². The molecule has 2 aliphatic carbocycles. The molecule has 2 fully saturated rings. The first-order valence-corrected chi connectivity index (χ1v) is 10.9. The van der Waals surface area contributed by atoms with Gasteiger partial charge in [0.2, 0.25) is 17.7 Å². The molecule has 2 aromatic carbocycles. The van der Waals surface area contributed by atoms with Gasteiger partial charge in [-0.3, -0.25) is 19.3 Å². The first-order valence-electron chi connectivity index (χ1n) is 10.9. The molecule has 0 radical (unpaired) electrons. The third-order valence-corrected chi connectivity index (χ3v) is 7.04. The second-order valence-electron chi connectivity index (χ2n) is 9.04. The highest BCUT2D eigenvalue weighted by molar-refractivity contribution is 6.07. The van der Waals surface area contributed by atoms with Gasteiger partial charge < -0.3 is 5.32 Å². The fourth-order valence-electron chi connectivity index (χ4n) is 5.64. The van der Waals surface area contributed by atoms with Crippen molar-refractivity contribution >= 4 is 23.4 Å². The molecule has 2 aromatic rings. The Kier molecular flexibility index (Phi) is 4.77. The number of amides is 3. The van der Waals surface area contributed by atoms with Gasteiger partial charge in [0.05, 0.1) is 24.3 Å². The summed E-state index contributed by atoms with van der Waals surface area (Å²) in [7, 11) is 0. The lowest BCUT2D eigenvalue weighted by Gasteiger charge is -2.29. The lowest BCUT2D eigenvalue weighted by atomic mass is 9.85. The van der Waals surface area contributed by atoms with Crippen LogP contribution in [0.1, 0.15) is 35.6 Å². The van der Waals surface area contributed by atoms with Crippen LogP contribution in [-0.2, 0) is 14.4 Å². The zero-order chi connectivity index (χ0) is 21.7. The van der Waals surface area contributed by atoms with Crippen molar-refractivity contribution in [3.05, 3.63) is 77.4 Å². The molecular formula is C26H26N2O3. The second kappa shape index (κ2) is 7.49. The van der Waals surface area contributed by atoms with Gasteiger partial charge >= 0.3 is 0 Å². The van der Waals surface area contributed by atoms with E-state index in [1.165, 1.54) is 4.90 Å². The summed E-state index contributed by atoms with van der Waals surface area (Å²) in [6.45, 7) is 3.92. The predicted molar refractivity (Wildman–Crippen MR) is 118 cm³/mol. The molecule has 5 unspecified atom stereocenters. The maximum absolute atomic E-state index is 13.4. The summed E-state index contributed by atoms with van der Waals surface area (Å²) in [5.74, 6) is -0.697. The number of carbonyl (C=O) groups excluding carboxylic acids is 3. The molecule has 0 spiro atoms. The molecular weight excluding hydrogens is 388 g/mol. The molecule has 1 N–H and O–H groups in total. The van der Waals surface area contributed by atoms with Crippen LogP contribution in [0, 0.1) is 37.5 Å². The second-order valence-corrected chi connectivity index (χ2v) is 9.04. The molecule has 5 atom stereocenters. The average Bonchev–Trinajstić information content (AvgIpc) is 3.41. The summed E-state index contributed by atoms with van der Waals surface area (Å²) in [6.07, 6.45) is 5.11. The van der Waals surface area contributed by atoms with Crippen molar-refractivity contribution in [1.82, 2.24) is 4.90 Å².